The molecule has 0 spiro atoms. The van der Waals surface area contributed by atoms with Gasteiger partial charge in [0.2, 0.25) is 10.0 Å². The molecule has 2 unspecified atom stereocenters. The van der Waals surface area contributed by atoms with Gasteiger partial charge in [-0.25, -0.2) is 8.42 Å². The molecule has 0 aromatic carbocycles. The minimum absolute atomic E-state index is 0.101. The van der Waals surface area contributed by atoms with E-state index in [1.54, 1.807) is 13.8 Å². The number of hydrogen-bond acceptors (Lipinski definition) is 3. The van der Waals surface area contributed by atoms with Crippen molar-refractivity contribution in [1.82, 2.24) is 4.31 Å². The molecule has 0 aliphatic carbocycles. The Morgan fingerprint density at radius 3 is 2.53 bits per heavy atom. The summed E-state index contributed by atoms with van der Waals surface area (Å²) in [5, 5.41) is 8.88. The molecule has 0 bridgehead atoms. The van der Waals surface area contributed by atoms with E-state index in [1.807, 2.05) is 0 Å². The van der Waals surface area contributed by atoms with E-state index < -0.39 is 28.0 Å². The number of rotatable bonds is 4. The Morgan fingerprint density at radius 2 is 2.13 bits per heavy atom. The molecule has 1 saturated heterocycles. The van der Waals surface area contributed by atoms with Crippen LogP contribution in [0.25, 0.3) is 0 Å². The Morgan fingerprint density at radius 1 is 1.53 bits per heavy atom. The number of nitrogens with zero attached hydrogens (tertiary/aromatic N) is 1. The van der Waals surface area contributed by atoms with Crippen molar-refractivity contribution < 1.29 is 18.3 Å². The smallest absolute Gasteiger partial charge is 0.308 e. The molecule has 88 valence electrons. The zero-order valence-electron chi connectivity index (χ0n) is 9.01. The SMILES string of the molecule is CCCS(=O)(=O)N1CCC(C(=O)O)C1C. The number of carbonyl (C=O) groups is 1. The van der Waals surface area contributed by atoms with Gasteiger partial charge in [-0.2, -0.15) is 4.31 Å². The molecule has 1 N–H and O–H groups in total. The van der Waals surface area contributed by atoms with Gasteiger partial charge in [-0.3, -0.25) is 4.79 Å². The maximum absolute atomic E-state index is 11.7. The largest absolute Gasteiger partial charge is 0.481 e. The monoisotopic (exact) mass is 235 g/mol. The van der Waals surface area contributed by atoms with Crippen LogP contribution in [0, 0.1) is 5.92 Å². The van der Waals surface area contributed by atoms with Crippen LogP contribution in [0.2, 0.25) is 0 Å². The molecule has 1 aliphatic heterocycles. The highest BCUT2D eigenvalue weighted by atomic mass is 32.2. The van der Waals surface area contributed by atoms with Gasteiger partial charge in [-0.15, -0.1) is 0 Å². The van der Waals surface area contributed by atoms with Gasteiger partial charge in [0.15, 0.2) is 0 Å². The molecule has 1 fully saturated rings. The topological polar surface area (TPSA) is 74.7 Å². The average molecular weight is 235 g/mol. The molecule has 6 heteroatoms. The molecule has 1 rings (SSSR count). The van der Waals surface area contributed by atoms with Crippen molar-refractivity contribution in [2.45, 2.75) is 32.7 Å². The minimum Gasteiger partial charge on any atom is -0.481 e. The third-order valence-corrected chi connectivity index (χ3v) is 4.99. The van der Waals surface area contributed by atoms with Gasteiger partial charge in [0.25, 0.3) is 0 Å². The van der Waals surface area contributed by atoms with Gasteiger partial charge in [0.05, 0.1) is 11.7 Å². The maximum atomic E-state index is 11.7. The molecule has 2 atom stereocenters. The Bertz CT molecular complexity index is 338. The summed E-state index contributed by atoms with van der Waals surface area (Å²) in [6.07, 6.45) is 0.975. The van der Waals surface area contributed by atoms with E-state index >= 15 is 0 Å². The lowest BCUT2D eigenvalue weighted by Crippen LogP contribution is -2.38. The second kappa shape index (κ2) is 4.49. The molecule has 1 heterocycles. The highest BCUT2D eigenvalue weighted by Crippen LogP contribution is 2.27. The Kier molecular flexibility index (Phi) is 3.72. The van der Waals surface area contributed by atoms with Crippen molar-refractivity contribution in [3.05, 3.63) is 0 Å². The lowest BCUT2D eigenvalue weighted by atomic mass is 10.0. The summed E-state index contributed by atoms with van der Waals surface area (Å²) in [4.78, 5) is 10.8. The molecule has 0 saturated carbocycles. The van der Waals surface area contributed by atoms with E-state index in [2.05, 4.69) is 0 Å². The maximum Gasteiger partial charge on any atom is 0.308 e. The highest BCUT2D eigenvalue weighted by molar-refractivity contribution is 7.89. The van der Waals surface area contributed by atoms with Gasteiger partial charge < -0.3 is 5.11 Å². The zero-order valence-corrected chi connectivity index (χ0v) is 9.83. The standard InChI is InChI=1S/C9H17NO4S/c1-3-6-15(13,14)10-5-4-8(7(10)2)9(11)12/h7-8H,3-6H2,1-2H3,(H,11,12). The first-order valence-electron chi connectivity index (χ1n) is 5.12. The molecule has 0 radical (unpaired) electrons. The number of aliphatic carboxylic acids is 1. The Balaban J connectivity index is 2.80. The minimum atomic E-state index is -3.26. The van der Waals surface area contributed by atoms with E-state index in [-0.39, 0.29) is 5.75 Å². The molecule has 1 aliphatic rings. The summed E-state index contributed by atoms with van der Waals surface area (Å²) >= 11 is 0. The van der Waals surface area contributed by atoms with Gasteiger partial charge >= 0.3 is 5.97 Å². The van der Waals surface area contributed by atoms with Crippen LogP contribution in [0.4, 0.5) is 0 Å². The van der Waals surface area contributed by atoms with Crippen LogP contribution in [0.3, 0.4) is 0 Å². The molecule has 5 nitrogen and oxygen atoms in total. The van der Waals surface area contributed by atoms with Crippen LogP contribution in [-0.4, -0.2) is 42.1 Å². The highest BCUT2D eigenvalue weighted by Gasteiger charge is 2.40. The predicted molar refractivity (Wildman–Crippen MR) is 56.0 cm³/mol. The molecule has 0 amide bonds. The average Bonchev–Trinajstić information content (AvgIpc) is 2.47. The van der Waals surface area contributed by atoms with Crippen LogP contribution < -0.4 is 0 Å². The van der Waals surface area contributed by atoms with E-state index in [4.69, 9.17) is 5.11 Å². The van der Waals surface area contributed by atoms with Crippen LogP contribution in [-0.2, 0) is 14.8 Å². The molecular weight excluding hydrogens is 218 g/mol. The molecule has 15 heavy (non-hydrogen) atoms. The van der Waals surface area contributed by atoms with E-state index in [1.165, 1.54) is 4.31 Å². The summed E-state index contributed by atoms with van der Waals surface area (Å²) in [5.74, 6) is -1.36. The van der Waals surface area contributed by atoms with Gasteiger partial charge in [0, 0.05) is 12.6 Å². The summed E-state index contributed by atoms with van der Waals surface area (Å²) in [6.45, 7) is 3.80. The summed E-state index contributed by atoms with van der Waals surface area (Å²) < 4.78 is 24.8. The first-order chi connectivity index (χ1) is 6.90. The first-order valence-corrected chi connectivity index (χ1v) is 6.73. The van der Waals surface area contributed by atoms with Gasteiger partial charge in [0.1, 0.15) is 0 Å². The molecular formula is C9H17NO4S. The van der Waals surface area contributed by atoms with Crippen molar-refractivity contribution in [2.24, 2.45) is 5.92 Å². The van der Waals surface area contributed by atoms with Crippen molar-refractivity contribution >= 4 is 16.0 Å². The van der Waals surface area contributed by atoms with Crippen LogP contribution in [0.5, 0.6) is 0 Å². The second-order valence-electron chi connectivity index (χ2n) is 3.90. The van der Waals surface area contributed by atoms with Crippen molar-refractivity contribution in [3.63, 3.8) is 0 Å². The van der Waals surface area contributed by atoms with E-state index in [9.17, 15) is 13.2 Å². The lowest BCUT2D eigenvalue weighted by molar-refractivity contribution is -0.142. The first kappa shape index (κ1) is 12.4. The fourth-order valence-corrected chi connectivity index (χ4v) is 3.80. The fraction of sp³-hybridized carbons (Fsp3) is 0.889. The fourth-order valence-electron chi connectivity index (χ4n) is 2.01. The third-order valence-electron chi connectivity index (χ3n) is 2.83. The number of carboxylic acids is 1. The third kappa shape index (κ3) is 2.49. The lowest BCUT2D eigenvalue weighted by Gasteiger charge is -2.22. The zero-order chi connectivity index (χ0) is 11.6. The van der Waals surface area contributed by atoms with Crippen molar-refractivity contribution in [1.29, 1.82) is 0 Å². The van der Waals surface area contributed by atoms with Gasteiger partial charge in [-0.05, 0) is 19.8 Å². The normalized spacial score (nSPS) is 28.1. The quantitative estimate of drug-likeness (QED) is 0.771. The molecule has 0 aromatic heterocycles. The van der Waals surface area contributed by atoms with Crippen molar-refractivity contribution in [3.8, 4) is 0 Å². The number of carboxylic acid groups (broad SMARTS) is 1. The summed E-state index contributed by atoms with van der Waals surface area (Å²) in [6, 6.07) is -0.418. The summed E-state index contributed by atoms with van der Waals surface area (Å²) in [5.41, 5.74) is 0. The Hall–Kier alpha value is -0.620. The summed E-state index contributed by atoms with van der Waals surface area (Å²) in [7, 11) is -3.26. The Labute approximate surface area is 90.1 Å². The number of hydrogen-bond donors (Lipinski definition) is 1. The number of sulfonamides is 1. The van der Waals surface area contributed by atoms with Gasteiger partial charge in [-0.1, -0.05) is 6.92 Å². The van der Waals surface area contributed by atoms with E-state index in [0.29, 0.717) is 19.4 Å². The predicted octanol–water partition coefficient (Wildman–Crippen LogP) is 0.521. The van der Waals surface area contributed by atoms with Crippen molar-refractivity contribution in [2.75, 3.05) is 12.3 Å². The van der Waals surface area contributed by atoms with Crippen LogP contribution in [0.1, 0.15) is 26.7 Å². The van der Waals surface area contributed by atoms with Crippen LogP contribution in [0.15, 0.2) is 0 Å². The van der Waals surface area contributed by atoms with Crippen LogP contribution >= 0.6 is 0 Å². The van der Waals surface area contributed by atoms with E-state index in [0.717, 1.165) is 0 Å². The molecule has 0 aromatic rings. The second-order valence-corrected chi connectivity index (χ2v) is 5.94.